The highest BCUT2D eigenvalue weighted by molar-refractivity contribution is 6.34. The number of piperidine rings is 1. The van der Waals surface area contributed by atoms with E-state index >= 15 is 0 Å². The topological polar surface area (TPSA) is 88.8 Å². The van der Waals surface area contributed by atoms with Crippen LogP contribution in [0.1, 0.15) is 31.9 Å². The average Bonchev–Trinajstić information content (AvgIpc) is 3.04. The van der Waals surface area contributed by atoms with Crippen molar-refractivity contribution in [2.45, 2.75) is 32.6 Å². The average molecular weight is 429 g/mol. The minimum Gasteiger partial charge on any atom is -0.409 e. The van der Waals surface area contributed by atoms with Crippen LogP contribution in [0.25, 0.3) is 0 Å². The summed E-state index contributed by atoms with van der Waals surface area (Å²) < 4.78 is 5.05. The SMILES string of the molecule is CCc1nc(N2CCC[C@@]3(CCN(c4ccccc4Cl)C3=O)C2)ccc1OC(N)=O. The van der Waals surface area contributed by atoms with E-state index in [0.717, 1.165) is 37.3 Å². The quantitative estimate of drug-likeness (QED) is 0.800. The molecule has 4 rings (SSSR count). The van der Waals surface area contributed by atoms with Gasteiger partial charge in [0.15, 0.2) is 5.75 Å². The van der Waals surface area contributed by atoms with Gasteiger partial charge in [0.1, 0.15) is 5.82 Å². The summed E-state index contributed by atoms with van der Waals surface area (Å²) in [4.78, 5) is 33.2. The van der Waals surface area contributed by atoms with Gasteiger partial charge in [-0.2, -0.15) is 0 Å². The van der Waals surface area contributed by atoms with E-state index in [2.05, 4.69) is 9.88 Å². The summed E-state index contributed by atoms with van der Waals surface area (Å²) in [6, 6.07) is 11.0. The van der Waals surface area contributed by atoms with Crippen LogP contribution >= 0.6 is 11.6 Å². The van der Waals surface area contributed by atoms with Crippen LogP contribution in [0.3, 0.4) is 0 Å². The minimum atomic E-state index is -0.854. The third-order valence-corrected chi connectivity index (χ3v) is 6.34. The summed E-state index contributed by atoms with van der Waals surface area (Å²) in [6.45, 7) is 4.04. The fourth-order valence-electron chi connectivity index (χ4n) is 4.53. The summed E-state index contributed by atoms with van der Waals surface area (Å²) in [5.74, 6) is 1.29. The monoisotopic (exact) mass is 428 g/mol. The van der Waals surface area contributed by atoms with Gasteiger partial charge < -0.3 is 20.3 Å². The molecule has 2 amide bonds. The van der Waals surface area contributed by atoms with Crippen LogP contribution in [0.15, 0.2) is 36.4 Å². The Bertz CT molecular complexity index is 983. The molecule has 1 aromatic carbocycles. The van der Waals surface area contributed by atoms with Crippen molar-refractivity contribution >= 4 is 35.1 Å². The molecule has 3 heterocycles. The van der Waals surface area contributed by atoms with Crippen LogP contribution < -0.4 is 20.3 Å². The second-order valence-corrected chi connectivity index (χ2v) is 8.26. The summed E-state index contributed by atoms with van der Waals surface area (Å²) >= 11 is 6.35. The van der Waals surface area contributed by atoms with Crippen molar-refractivity contribution in [2.24, 2.45) is 11.1 Å². The molecule has 30 heavy (non-hydrogen) atoms. The van der Waals surface area contributed by atoms with E-state index in [-0.39, 0.29) is 5.91 Å². The van der Waals surface area contributed by atoms with E-state index in [1.165, 1.54) is 0 Å². The first kappa shape index (κ1) is 20.5. The van der Waals surface area contributed by atoms with Gasteiger partial charge in [-0.15, -0.1) is 0 Å². The fraction of sp³-hybridized carbons (Fsp3) is 0.409. The molecule has 7 nitrogen and oxygen atoms in total. The smallest absolute Gasteiger partial charge is 0.409 e. The summed E-state index contributed by atoms with van der Waals surface area (Å²) in [6.07, 6.45) is 2.30. The molecule has 1 atom stereocenters. The molecule has 0 radical (unpaired) electrons. The van der Waals surface area contributed by atoms with Crippen molar-refractivity contribution < 1.29 is 14.3 Å². The number of aryl methyl sites for hydroxylation is 1. The normalized spacial score (nSPS) is 21.3. The Labute approximate surface area is 180 Å². The van der Waals surface area contributed by atoms with E-state index < -0.39 is 11.5 Å². The zero-order valence-corrected chi connectivity index (χ0v) is 17.7. The summed E-state index contributed by atoms with van der Waals surface area (Å²) in [5, 5.41) is 0.592. The number of benzene rings is 1. The van der Waals surface area contributed by atoms with Gasteiger partial charge in [-0.3, -0.25) is 4.79 Å². The molecule has 8 heteroatoms. The predicted octanol–water partition coefficient (Wildman–Crippen LogP) is 3.78. The Morgan fingerprint density at radius 2 is 2.03 bits per heavy atom. The number of rotatable bonds is 4. The Morgan fingerprint density at radius 3 is 2.77 bits per heavy atom. The zero-order valence-electron chi connectivity index (χ0n) is 16.9. The van der Waals surface area contributed by atoms with Crippen molar-refractivity contribution in [3.8, 4) is 5.75 Å². The van der Waals surface area contributed by atoms with Gasteiger partial charge in [0.2, 0.25) is 5.91 Å². The highest BCUT2D eigenvalue weighted by atomic mass is 35.5. The molecule has 2 N–H and O–H groups in total. The van der Waals surface area contributed by atoms with E-state index in [1.807, 2.05) is 42.2 Å². The number of hydrogen-bond acceptors (Lipinski definition) is 5. The molecule has 0 bridgehead atoms. The molecule has 0 saturated carbocycles. The molecule has 0 aliphatic carbocycles. The molecule has 2 saturated heterocycles. The zero-order chi connectivity index (χ0) is 21.3. The lowest BCUT2D eigenvalue weighted by molar-refractivity contribution is -0.126. The van der Waals surface area contributed by atoms with E-state index in [4.69, 9.17) is 22.1 Å². The van der Waals surface area contributed by atoms with Crippen LogP contribution in [0.2, 0.25) is 5.02 Å². The van der Waals surface area contributed by atoms with Gasteiger partial charge in [0.25, 0.3) is 0 Å². The Kier molecular flexibility index (Phi) is 5.56. The van der Waals surface area contributed by atoms with Gasteiger partial charge >= 0.3 is 6.09 Å². The Balaban J connectivity index is 1.57. The molecular formula is C22H25ClN4O3. The van der Waals surface area contributed by atoms with Crippen molar-refractivity contribution in [1.82, 2.24) is 4.98 Å². The maximum absolute atomic E-state index is 13.5. The number of para-hydroxylation sites is 1. The van der Waals surface area contributed by atoms with Crippen LogP contribution in [0, 0.1) is 5.41 Å². The van der Waals surface area contributed by atoms with Crippen LogP contribution in [0.4, 0.5) is 16.3 Å². The van der Waals surface area contributed by atoms with Crippen LogP contribution in [-0.4, -0.2) is 36.6 Å². The molecule has 158 valence electrons. The first-order chi connectivity index (χ1) is 14.4. The second kappa shape index (κ2) is 8.14. The number of nitrogens with two attached hydrogens (primary N) is 1. The number of hydrogen-bond donors (Lipinski definition) is 1. The lowest BCUT2D eigenvalue weighted by Gasteiger charge is -2.39. The van der Waals surface area contributed by atoms with Crippen molar-refractivity contribution in [3.05, 3.63) is 47.1 Å². The third-order valence-electron chi connectivity index (χ3n) is 6.02. The number of carbonyl (C=O) groups excluding carboxylic acids is 2. The summed E-state index contributed by atoms with van der Waals surface area (Å²) in [5.41, 5.74) is 6.15. The first-order valence-electron chi connectivity index (χ1n) is 10.2. The number of primary amides is 1. The van der Waals surface area contributed by atoms with Crippen LogP contribution in [0.5, 0.6) is 5.75 Å². The van der Waals surface area contributed by atoms with Crippen molar-refractivity contribution in [3.63, 3.8) is 0 Å². The molecule has 2 fully saturated rings. The maximum Gasteiger partial charge on any atom is 0.410 e. The number of aromatic nitrogens is 1. The van der Waals surface area contributed by atoms with E-state index in [1.54, 1.807) is 6.07 Å². The number of pyridine rings is 1. The van der Waals surface area contributed by atoms with Crippen LogP contribution in [-0.2, 0) is 11.2 Å². The first-order valence-corrected chi connectivity index (χ1v) is 10.6. The van der Waals surface area contributed by atoms with Gasteiger partial charge in [0, 0.05) is 19.6 Å². The lowest BCUT2D eigenvalue weighted by atomic mass is 9.78. The van der Waals surface area contributed by atoms with E-state index in [0.29, 0.717) is 36.0 Å². The predicted molar refractivity (Wildman–Crippen MR) is 116 cm³/mol. The van der Waals surface area contributed by atoms with Crippen molar-refractivity contribution in [2.75, 3.05) is 29.4 Å². The molecule has 1 aromatic heterocycles. The number of anilines is 2. The van der Waals surface area contributed by atoms with Crippen molar-refractivity contribution in [1.29, 1.82) is 0 Å². The molecule has 2 aliphatic heterocycles. The largest absolute Gasteiger partial charge is 0.410 e. The molecule has 0 unspecified atom stereocenters. The Hall–Kier alpha value is -2.80. The fourth-order valence-corrected chi connectivity index (χ4v) is 4.77. The highest BCUT2D eigenvalue weighted by Gasteiger charge is 2.49. The summed E-state index contributed by atoms with van der Waals surface area (Å²) in [7, 11) is 0. The highest BCUT2D eigenvalue weighted by Crippen LogP contribution is 2.44. The van der Waals surface area contributed by atoms with Gasteiger partial charge in [-0.05, 0) is 49.9 Å². The number of amides is 2. The third kappa shape index (κ3) is 3.69. The molecular weight excluding hydrogens is 404 g/mol. The standard InChI is InChI=1S/C22H25ClN4O3/c1-2-16-18(30-21(24)29)8-9-19(25-16)26-12-5-10-22(14-26)11-13-27(20(22)28)17-7-4-3-6-15(17)23/h3-4,6-9H,2,5,10-14H2,1H3,(H2,24,29)/t22-/m1/s1. The Morgan fingerprint density at radius 1 is 1.23 bits per heavy atom. The van der Waals surface area contributed by atoms with E-state index in [9.17, 15) is 9.59 Å². The molecule has 1 spiro atoms. The number of carbonyl (C=O) groups is 2. The number of ether oxygens (including phenoxy) is 1. The van der Waals surface area contributed by atoms with Gasteiger partial charge in [-0.1, -0.05) is 30.7 Å². The van der Waals surface area contributed by atoms with Gasteiger partial charge in [-0.25, -0.2) is 9.78 Å². The lowest BCUT2D eigenvalue weighted by Crippen LogP contribution is -2.48. The second-order valence-electron chi connectivity index (χ2n) is 7.85. The number of nitrogens with zero attached hydrogens (tertiary/aromatic N) is 3. The number of halogens is 1. The molecule has 2 aromatic rings. The minimum absolute atomic E-state index is 0.129. The van der Waals surface area contributed by atoms with Gasteiger partial charge in [0.05, 0.1) is 21.8 Å². The maximum atomic E-state index is 13.5. The molecule has 2 aliphatic rings.